The van der Waals surface area contributed by atoms with Gasteiger partial charge in [0.05, 0.1) is 18.6 Å². The average molecular weight is 573 g/mol. The lowest BCUT2D eigenvalue weighted by Crippen LogP contribution is -2.49. The first-order valence-electron chi connectivity index (χ1n) is 15.3. The van der Waals surface area contributed by atoms with Crippen LogP contribution in [0.2, 0.25) is 0 Å². The molecule has 3 N–H and O–H groups in total. The van der Waals surface area contributed by atoms with Gasteiger partial charge in [0.2, 0.25) is 5.91 Å². The molecule has 0 radical (unpaired) electrons. The number of benzene rings is 2. The first kappa shape index (κ1) is 31.2. The second kappa shape index (κ2) is 16.0. The van der Waals surface area contributed by atoms with Crippen molar-refractivity contribution < 1.29 is 19.4 Å². The zero-order valence-electron chi connectivity index (χ0n) is 24.9. The first-order chi connectivity index (χ1) is 20.5. The van der Waals surface area contributed by atoms with Crippen LogP contribution >= 0.6 is 0 Å². The van der Waals surface area contributed by atoms with E-state index in [1.807, 2.05) is 60.9 Å². The number of rotatable bonds is 15. The van der Waals surface area contributed by atoms with Crippen LogP contribution in [-0.4, -0.2) is 52.7 Å². The molecule has 0 bridgehead atoms. The lowest BCUT2D eigenvalue weighted by Gasteiger charge is -2.29. The van der Waals surface area contributed by atoms with Gasteiger partial charge in [0.15, 0.2) is 5.82 Å². The molecule has 8 nitrogen and oxygen atoms in total. The number of nitrogens with zero attached hydrogens (tertiary/aromatic N) is 2. The van der Waals surface area contributed by atoms with Crippen molar-refractivity contribution in [3.05, 3.63) is 66.5 Å². The van der Waals surface area contributed by atoms with Crippen LogP contribution in [0.4, 0.5) is 0 Å². The van der Waals surface area contributed by atoms with E-state index in [2.05, 4.69) is 27.5 Å². The van der Waals surface area contributed by atoms with Gasteiger partial charge in [0, 0.05) is 29.6 Å². The van der Waals surface area contributed by atoms with Crippen LogP contribution in [-0.2, 0) is 16.0 Å². The molecule has 4 rings (SSSR count). The van der Waals surface area contributed by atoms with Crippen LogP contribution in [0.3, 0.4) is 0 Å². The molecule has 0 spiro atoms. The molecule has 2 unspecified atom stereocenters. The summed E-state index contributed by atoms with van der Waals surface area (Å²) >= 11 is 0. The van der Waals surface area contributed by atoms with Gasteiger partial charge in [-0.15, -0.1) is 0 Å². The molecule has 3 aromatic rings. The van der Waals surface area contributed by atoms with Gasteiger partial charge in [-0.1, -0.05) is 75.4 Å². The highest BCUT2D eigenvalue weighted by Crippen LogP contribution is 2.25. The van der Waals surface area contributed by atoms with E-state index in [0.29, 0.717) is 25.1 Å². The van der Waals surface area contributed by atoms with Gasteiger partial charge in [0.1, 0.15) is 5.75 Å². The van der Waals surface area contributed by atoms with E-state index in [-0.39, 0.29) is 17.9 Å². The maximum absolute atomic E-state index is 12.9. The Morgan fingerprint density at radius 1 is 0.929 bits per heavy atom. The van der Waals surface area contributed by atoms with E-state index in [1.54, 1.807) is 7.05 Å². The Bertz CT molecular complexity index is 1260. The lowest BCUT2D eigenvalue weighted by atomic mass is 9.85. The fraction of sp³-hybridized carbons (Fsp3) is 0.471. The molecule has 1 aliphatic rings. The zero-order valence-corrected chi connectivity index (χ0v) is 24.9. The highest BCUT2D eigenvalue weighted by molar-refractivity contribution is 5.82. The number of amides is 1. The van der Waals surface area contributed by atoms with E-state index < -0.39 is 12.0 Å². The van der Waals surface area contributed by atoms with Gasteiger partial charge in [0.25, 0.3) is 0 Å². The van der Waals surface area contributed by atoms with E-state index in [4.69, 9.17) is 4.74 Å². The van der Waals surface area contributed by atoms with E-state index in [9.17, 15) is 14.7 Å². The summed E-state index contributed by atoms with van der Waals surface area (Å²) in [4.78, 5) is 33.5. The fourth-order valence-electron chi connectivity index (χ4n) is 5.46. The third kappa shape index (κ3) is 9.11. The van der Waals surface area contributed by atoms with Crippen LogP contribution in [0, 0.1) is 5.92 Å². The molecule has 8 heteroatoms. The molecular formula is C34H44N4O4. The predicted octanol–water partition coefficient (Wildman–Crippen LogP) is 6.05. The minimum absolute atomic E-state index is 0.0953. The van der Waals surface area contributed by atoms with Crippen LogP contribution in [0.1, 0.15) is 70.3 Å². The normalized spacial score (nSPS) is 17.4. The molecule has 42 heavy (non-hydrogen) atoms. The molecule has 0 saturated heterocycles. The summed E-state index contributed by atoms with van der Waals surface area (Å²) in [6.45, 7) is 2.97. The van der Waals surface area contributed by atoms with E-state index in [0.717, 1.165) is 53.9 Å². The molecule has 1 aromatic heterocycles. The number of unbranched alkanes of at least 4 members (excludes halogenated alkanes) is 4. The van der Waals surface area contributed by atoms with Gasteiger partial charge in [-0.2, -0.15) is 0 Å². The van der Waals surface area contributed by atoms with Crippen molar-refractivity contribution >= 4 is 11.9 Å². The summed E-state index contributed by atoms with van der Waals surface area (Å²) in [6.07, 6.45) is 13.1. The first-order valence-corrected chi connectivity index (χ1v) is 15.3. The Hall–Kier alpha value is -3.78. The van der Waals surface area contributed by atoms with Gasteiger partial charge < -0.3 is 20.5 Å². The van der Waals surface area contributed by atoms with Crippen molar-refractivity contribution in [1.82, 2.24) is 20.6 Å². The number of carboxylic acid groups (broad SMARTS) is 1. The number of hydrogen-bond acceptors (Lipinski definition) is 6. The minimum atomic E-state index is -0.777. The maximum atomic E-state index is 12.9. The summed E-state index contributed by atoms with van der Waals surface area (Å²) in [5.74, 6) is 0.266. The number of carbonyl (C=O) groups excluding carboxylic acids is 1. The number of carbonyl (C=O) groups is 2. The number of aromatic nitrogens is 2. The van der Waals surface area contributed by atoms with Crippen molar-refractivity contribution in [3.63, 3.8) is 0 Å². The van der Waals surface area contributed by atoms with Crippen molar-refractivity contribution in [2.45, 2.75) is 83.2 Å². The average Bonchev–Trinajstić information content (AvgIpc) is 3.02. The number of likely N-dealkylation sites (N-methyl/N-ethyl adjacent to an activating group) is 1. The van der Waals surface area contributed by atoms with Crippen molar-refractivity contribution in [3.8, 4) is 28.3 Å². The van der Waals surface area contributed by atoms with Crippen molar-refractivity contribution in [2.24, 2.45) is 5.92 Å². The topological polar surface area (TPSA) is 113 Å². The van der Waals surface area contributed by atoms with Gasteiger partial charge in [-0.3, -0.25) is 9.59 Å². The summed E-state index contributed by atoms with van der Waals surface area (Å²) in [6, 6.07) is 15.5. The van der Waals surface area contributed by atoms with Gasteiger partial charge >= 0.3 is 5.97 Å². The maximum Gasteiger partial charge on any atom is 0.306 e. The smallest absolute Gasteiger partial charge is 0.306 e. The minimum Gasteiger partial charge on any atom is -0.494 e. The van der Waals surface area contributed by atoms with E-state index >= 15 is 0 Å². The van der Waals surface area contributed by atoms with Crippen molar-refractivity contribution in [2.75, 3.05) is 13.7 Å². The third-order valence-electron chi connectivity index (χ3n) is 8.04. The lowest BCUT2D eigenvalue weighted by molar-refractivity contribution is -0.143. The second-order valence-electron chi connectivity index (χ2n) is 11.2. The molecule has 0 aliphatic heterocycles. The molecule has 224 valence electrons. The Balaban J connectivity index is 1.28. The Kier molecular flexibility index (Phi) is 11.9. The number of hydrogen-bond donors (Lipinski definition) is 3. The summed E-state index contributed by atoms with van der Waals surface area (Å²) < 4.78 is 5.88. The quantitative estimate of drug-likeness (QED) is 0.190. The molecule has 1 fully saturated rings. The second-order valence-corrected chi connectivity index (χ2v) is 11.2. The van der Waals surface area contributed by atoms with Crippen LogP contribution in [0.15, 0.2) is 60.9 Å². The van der Waals surface area contributed by atoms with Gasteiger partial charge in [-0.05, 0) is 62.4 Å². The third-order valence-corrected chi connectivity index (χ3v) is 8.04. The molecule has 1 heterocycles. The summed E-state index contributed by atoms with van der Waals surface area (Å²) in [5.41, 5.74) is 3.90. The number of aliphatic carboxylic acids is 1. The monoisotopic (exact) mass is 572 g/mol. The summed E-state index contributed by atoms with van der Waals surface area (Å²) in [5, 5.41) is 15.5. The number of nitrogens with one attached hydrogen (secondary N) is 2. The predicted molar refractivity (Wildman–Crippen MR) is 165 cm³/mol. The Morgan fingerprint density at radius 3 is 2.29 bits per heavy atom. The molecule has 2 aromatic carbocycles. The molecule has 1 aliphatic carbocycles. The summed E-state index contributed by atoms with van der Waals surface area (Å²) in [7, 11) is 1.77. The Morgan fingerprint density at radius 2 is 1.62 bits per heavy atom. The standard InChI is InChI=1S/C34H44N4O4/c1-3-4-5-6-7-19-42-30-17-15-25(16-18-30)28-22-36-32(37-23-28)26-13-11-24(12-14-26)20-31(35-2)33(39)38-29-10-8-9-27(21-29)34(40)41/h11-18,22-23,27,29,31,35H,3-10,19-21H2,1-2H3,(H,38,39)(H,40,41)/t27?,29?,31-/m0/s1. The van der Waals surface area contributed by atoms with Crippen LogP contribution in [0.5, 0.6) is 5.75 Å². The SMILES string of the molecule is CCCCCCCOc1ccc(-c2cnc(-c3ccc(C[C@H](NC)C(=O)NC4CCCC(C(=O)O)C4)cc3)nc2)cc1. The molecule has 1 amide bonds. The van der Waals surface area contributed by atoms with Gasteiger partial charge in [-0.25, -0.2) is 9.97 Å². The molecule has 3 atom stereocenters. The molecular weight excluding hydrogens is 528 g/mol. The highest BCUT2D eigenvalue weighted by Gasteiger charge is 2.29. The fourth-order valence-corrected chi connectivity index (χ4v) is 5.46. The number of ether oxygens (including phenoxy) is 1. The van der Waals surface area contributed by atoms with E-state index in [1.165, 1.54) is 25.7 Å². The molecule has 1 saturated carbocycles. The largest absolute Gasteiger partial charge is 0.494 e. The van der Waals surface area contributed by atoms with Crippen LogP contribution in [0.25, 0.3) is 22.5 Å². The Labute approximate surface area is 249 Å². The highest BCUT2D eigenvalue weighted by atomic mass is 16.5. The van der Waals surface area contributed by atoms with Crippen LogP contribution < -0.4 is 15.4 Å². The zero-order chi connectivity index (χ0) is 29.7. The number of carboxylic acids is 1. The van der Waals surface area contributed by atoms with Crippen molar-refractivity contribution in [1.29, 1.82) is 0 Å².